The van der Waals surface area contributed by atoms with Crippen molar-refractivity contribution in [1.82, 2.24) is 0 Å². The summed E-state index contributed by atoms with van der Waals surface area (Å²) in [6, 6.07) is 0. The summed E-state index contributed by atoms with van der Waals surface area (Å²) in [5.74, 6) is 0. The Labute approximate surface area is 97.3 Å². The van der Waals surface area contributed by atoms with E-state index in [0.29, 0.717) is 11.0 Å². The summed E-state index contributed by atoms with van der Waals surface area (Å²) in [4.78, 5) is 9.36. The fourth-order valence-electron chi connectivity index (χ4n) is 0.953. The van der Waals surface area contributed by atoms with Gasteiger partial charge in [-0.2, -0.15) is 0 Å². The Morgan fingerprint density at radius 1 is 1.38 bits per heavy atom. The minimum atomic E-state index is -3.95. The van der Waals surface area contributed by atoms with Gasteiger partial charge in [-0.3, -0.25) is 9.05 Å². The van der Waals surface area contributed by atoms with E-state index < -0.39 is 13.9 Å². The Morgan fingerprint density at radius 2 is 1.94 bits per heavy atom. The zero-order chi connectivity index (χ0) is 12.8. The highest BCUT2D eigenvalue weighted by atomic mass is 31.2. The SMILES string of the molecule is COCC(C)OP(=O)(O)OCC[N+](C)(C)C. The van der Waals surface area contributed by atoms with Gasteiger partial charge in [0.25, 0.3) is 0 Å². The maximum atomic E-state index is 11.4. The molecule has 0 saturated carbocycles. The Morgan fingerprint density at radius 3 is 2.38 bits per heavy atom. The second kappa shape index (κ2) is 6.69. The molecular formula is C9H23NO5P+. The lowest BCUT2D eigenvalue weighted by atomic mass is 10.5. The van der Waals surface area contributed by atoms with Crippen molar-refractivity contribution in [1.29, 1.82) is 0 Å². The smallest absolute Gasteiger partial charge is 0.382 e. The number of phosphoric acid groups is 1. The van der Waals surface area contributed by atoms with Gasteiger partial charge in [-0.05, 0) is 6.92 Å². The number of hydrogen-bond donors (Lipinski definition) is 1. The number of hydrogen-bond acceptors (Lipinski definition) is 4. The van der Waals surface area contributed by atoms with E-state index in [1.807, 2.05) is 21.1 Å². The van der Waals surface area contributed by atoms with Crippen molar-refractivity contribution in [2.75, 3.05) is 48.0 Å². The number of phosphoric ester groups is 1. The topological polar surface area (TPSA) is 65.0 Å². The van der Waals surface area contributed by atoms with E-state index in [1.165, 1.54) is 7.11 Å². The van der Waals surface area contributed by atoms with E-state index in [4.69, 9.17) is 13.8 Å². The lowest BCUT2D eigenvalue weighted by Crippen LogP contribution is -2.37. The predicted molar refractivity (Wildman–Crippen MR) is 61.1 cm³/mol. The summed E-state index contributed by atoms with van der Waals surface area (Å²) in [6.45, 7) is 2.71. The van der Waals surface area contributed by atoms with Gasteiger partial charge in [-0.15, -0.1) is 0 Å². The molecule has 1 N–H and O–H groups in total. The van der Waals surface area contributed by atoms with Gasteiger partial charge in [-0.1, -0.05) is 0 Å². The molecule has 7 heteroatoms. The number of likely N-dealkylation sites (N-methyl/N-ethyl adjacent to an activating group) is 1. The summed E-state index contributed by atoms with van der Waals surface area (Å²) in [5, 5.41) is 0. The molecule has 0 heterocycles. The first kappa shape index (κ1) is 16.0. The molecule has 98 valence electrons. The molecule has 2 unspecified atom stereocenters. The molecule has 0 amide bonds. The molecule has 0 rings (SSSR count). The molecular weight excluding hydrogens is 233 g/mol. The normalized spacial score (nSPS) is 18.1. The second-order valence-electron chi connectivity index (χ2n) is 4.69. The van der Waals surface area contributed by atoms with Crippen molar-refractivity contribution in [3.8, 4) is 0 Å². The van der Waals surface area contributed by atoms with Crippen molar-refractivity contribution < 1.29 is 27.7 Å². The van der Waals surface area contributed by atoms with Crippen molar-refractivity contribution >= 4 is 7.82 Å². The third-order valence-corrected chi connectivity index (χ3v) is 2.87. The van der Waals surface area contributed by atoms with E-state index in [9.17, 15) is 9.46 Å². The fraction of sp³-hybridized carbons (Fsp3) is 1.00. The molecule has 0 aliphatic heterocycles. The lowest BCUT2D eigenvalue weighted by Gasteiger charge is -2.24. The van der Waals surface area contributed by atoms with Crippen LogP contribution in [-0.4, -0.2) is 63.5 Å². The summed E-state index contributed by atoms with van der Waals surface area (Å²) >= 11 is 0. The lowest BCUT2D eigenvalue weighted by molar-refractivity contribution is -0.870. The standard InChI is InChI=1S/C9H22NO5P/c1-9(8-13-5)15-16(11,12)14-7-6-10(2,3)4/h9H,6-8H2,1-5H3/p+1. The van der Waals surface area contributed by atoms with E-state index in [1.54, 1.807) is 6.92 Å². The number of rotatable bonds is 8. The van der Waals surface area contributed by atoms with Crippen LogP contribution in [0.25, 0.3) is 0 Å². The van der Waals surface area contributed by atoms with Crippen LogP contribution in [0.1, 0.15) is 6.92 Å². The molecule has 0 fully saturated rings. The van der Waals surface area contributed by atoms with Crippen LogP contribution in [0.15, 0.2) is 0 Å². The van der Waals surface area contributed by atoms with E-state index in [-0.39, 0.29) is 13.2 Å². The Bertz CT molecular complexity index is 241. The van der Waals surface area contributed by atoms with Gasteiger partial charge in [0.05, 0.1) is 33.9 Å². The van der Waals surface area contributed by atoms with Crippen molar-refractivity contribution in [3.05, 3.63) is 0 Å². The highest BCUT2D eigenvalue weighted by Crippen LogP contribution is 2.44. The minimum Gasteiger partial charge on any atom is -0.382 e. The van der Waals surface area contributed by atoms with E-state index in [2.05, 4.69) is 0 Å². The van der Waals surface area contributed by atoms with Gasteiger partial charge in [0.2, 0.25) is 0 Å². The van der Waals surface area contributed by atoms with Crippen LogP contribution in [0.5, 0.6) is 0 Å². The highest BCUT2D eigenvalue weighted by Gasteiger charge is 2.25. The first-order valence-electron chi connectivity index (χ1n) is 5.11. The third-order valence-electron chi connectivity index (χ3n) is 1.73. The molecule has 16 heavy (non-hydrogen) atoms. The summed E-state index contributed by atoms with van der Waals surface area (Å²) < 4.78 is 26.6. The van der Waals surface area contributed by atoms with Gasteiger partial charge in [0, 0.05) is 7.11 Å². The van der Waals surface area contributed by atoms with Crippen molar-refractivity contribution in [3.63, 3.8) is 0 Å². The molecule has 0 saturated heterocycles. The molecule has 0 radical (unpaired) electrons. The van der Waals surface area contributed by atoms with E-state index in [0.717, 1.165) is 0 Å². The number of ether oxygens (including phenoxy) is 1. The second-order valence-corrected chi connectivity index (χ2v) is 6.09. The maximum Gasteiger partial charge on any atom is 0.472 e. The summed E-state index contributed by atoms with van der Waals surface area (Å²) in [6.07, 6.45) is -0.468. The van der Waals surface area contributed by atoms with Crippen molar-refractivity contribution in [2.24, 2.45) is 0 Å². The quantitative estimate of drug-likeness (QED) is 0.515. The van der Waals surface area contributed by atoms with Gasteiger partial charge in [0.1, 0.15) is 13.2 Å². The van der Waals surface area contributed by atoms with Crippen LogP contribution >= 0.6 is 7.82 Å². The fourth-order valence-corrected chi connectivity index (χ4v) is 1.84. The van der Waals surface area contributed by atoms with Gasteiger partial charge < -0.3 is 14.1 Å². The summed E-state index contributed by atoms with van der Waals surface area (Å²) in [5.41, 5.74) is 0. The largest absolute Gasteiger partial charge is 0.472 e. The zero-order valence-corrected chi connectivity index (χ0v) is 11.6. The van der Waals surface area contributed by atoms with Gasteiger partial charge in [0.15, 0.2) is 0 Å². The maximum absolute atomic E-state index is 11.4. The molecule has 0 aromatic carbocycles. The monoisotopic (exact) mass is 256 g/mol. The molecule has 0 bridgehead atoms. The van der Waals surface area contributed by atoms with Crippen LogP contribution in [0.4, 0.5) is 0 Å². The van der Waals surface area contributed by atoms with Crippen LogP contribution in [-0.2, 0) is 18.3 Å². The Hall–Kier alpha value is 0.0300. The average Bonchev–Trinajstić information content (AvgIpc) is 1.99. The van der Waals surface area contributed by atoms with Gasteiger partial charge in [-0.25, -0.2) is 4.57 Å². The zero-order valence-electron chi connectivity index (χ0n) is 10.7. The third kappa shape index (κ3) is 9.27. The van der Waals surface area contributed by atoms with Crippen LogP contribution in [0.3, 0.4) is 0 Å². The molecule has 0 aromatic rings. The molecule has 0 aliphatic carbocycles. The van der Waals surface area contributed by atoms with E-state index >= 15 is 0 Å². The molecule has 6 nitrogen and oxygen atoms in total. The van der Waals surface area contributed by atoms with Crippen LogP contribution < -0.4 is 0 Å². The summed E-state index contributed by atoms with van der Waals surface area (Å²) in [7, 11) is 3.46. The number of methoxy groups -OCH3 is 1. The molecule has 2 atom stereocenters. The molecule has 0 aliphatic rings. The minimum absolute atomic E-state index is 0.178. The molecule has 0 aromatic heterocycles. The Kier molecular flexibility index (Phi) is 6.70. The first-order chi connectivity index (χ1) is 7.16. The van der Waals surface area contributed by atoms with Crippen LogP contribution in [0.2, 0.25) is 0 Å². The molecule has 0 spiro atoms. The number of quaternary nitrogens is 1. The average molecular weight is 256 g/mol. The van der Waals surface area contributed by atoms with Gasteiger partial charge >= 0.3 is 7.82 Å². The van der Waals surface area contributed by atoms with Crippen LogP contribution in [0, 0.1) is 0 Å². The van der Waals surface area contributed by atoms with Crippen molar-refractivity contribution in [2.45, 2.75) is 13.0 Å². The first-order valence-corrected chi connectivity index (χ1v) is 6.61. The predicted octanol–water partition coefficient (Wildman–Crippen LogP) is 0.861. The highest BCUT2D eigenvalue weighted by molar-refractivity contribution is 7.47. The Balaban J connectivity index is 3.92. The number of nitrogens with zero attached hydrogens (tertiary/aromatic N) is 1.